The molecule has 1 unspecified atom stereocenters. The van der Waals surface area contributed by atoms with Gasteiger partial charge in [0.25, 0.3) is 10.0 Å². The van der Waals surface area contributed by atoms with Crippen LogP contribution < -0.4 is 16.2 Å². The molecule has 0 bridgehead atoms. The van der Waals surface area contributed by atoms with E-state index >= 15 is 4.39 Å². The summed E-state index contributed by atoms with van der Waals surface area (Å²) in [6, 6.07) is 9.93. The second-order valence-electron chi connectivity index (χ2n) is 9.96. The van der Waals surface area contributed by atoms with Crippen molar-refractivity contribution in [2.45, 2.75) is 50.2 Å². The Morgan fingerprint density at radius 2 is 2.00 bits per heavy atom. The Kier molecular flexibility index (Phi) is 7.62. The topological polar surface area (TPSA) is 155 Å². The SMILES string of the molecule is CC(C)n1nc(-c2ccc(NS(=O)(=O)c3ccccc3Cl)c(F)c2)c2c(N)ncc(C3=CCC(OC(N)=O)CC3)c21. The van der Waals surface area contributed by atoms with E-state index < -0.39 is 21.9 Å². The fourth-order valence-electron chi connectivity index (χ4n) is 4.94. The third kappa shape index (κ3) is 5.57. The highest BCUT2D eigenvalue weighted by Gasteiger charge is 2.26. The maximum absolute atomic E-state index is 15.4. The van der Waals surface area contributed by atoms with Crippen LogP contribution in [0.4, 0.5) is 20.7 Å². The van der Waals surface area contributed by atoms with Crippen LogP contribution in [0.2, 0.25) is 5.02 Å². The molecule has 5 rings (SSSR count). The van der Waals surface area contributed by atoms with E-state index in [4.69, 9.17) is 32.9 Å². The number of primary amides is 1. The molecule has 4 aromatic rings. The summed E-state index contributed by atoms with van der Waals surface area (Å²) in [6.07, 6.45) is 4.30. The molecular weight excluding hydrogens is 571 g/mol. The number of nitrogen functional groups attached to an aromatic ring is 1. The van der Waals surface area contributed by atoms with Crippen molar-refractivity contribution in [1.82, 2.24) is 14.8 Å². The molecule has 2 aromatic carbocycles. The van der Waals surface area contributed by atoms with Crippen molar-refractivity contribution in [1.29, 1.82) is 0 Å². The minimum absolute atomic E-state index is 0.0190. The number of pyridine rings is 1. The number of hydrogen-bond donors (Lipinski definition) is 3. The summed E-state index contributed by atoms with van der Waals surface area (Å²) < 4.78 is 50.3. The van der Waals surface area contributed by atoms with Crippen molar-refractivity contribution in [3.8, 4) is 11.3 Å². The number of ether oxygens (including phenoxy) is 1. The van der Waals surface area contributed by atoms with Gasteiger partial charge in [-0.15, -0.1) is 0 Å². The van der Waals surface area contributed by atoms with E-state index in [2.05, 4.69) is 9.71 Å². The minimum Gasteiger partial charge on any atom is -0.446 e. The Labute approximate surface area is 241 Å². The molecule has 0 saturated carbocycles. The first kappa shape index (κ1) is 28.4. The molecule has 2 aromatic heterocycles. The number of nitrogens with zero attached hydrogens (tertiary/aromatic N) is 3. The number of amides is 1. The zero-order valence-electron chi connectivity index (χ0n) is 22.3. The second kappa shape index (κ2) is 11.0. The lowest BCUT2D eigenvalue weighted by Gasteiger charge is -2.22. The van der Waals surface area contributed by atoms with Gasteiger partial charge in [0.15, 0.2) is 0 Å². The Balaban J connectivity index is 1.56. The van der Waals surface area contributed by atoms with Crippen molar-refractivity contribution in [3.63, 3.8) is 0 Å². The van der Waals surface area contributed by atoms with E-state index in [1.54, 1.807) is 18.3 Å². The van der Waals surface area contributed by atoms with E-state index in [1.165, 1.54) is 30.3 Å². The van der Waals surface area contributed by atoms with Crippen molar-refractivity contribution in [2.75, 3.05) is 10.5 Å². The van der Waals surface area contributed by atoms with Gasteiger partial charge >= 0.3 is 6.09 Å². The summed E-state index contributed by atoms with van der Waals surface area (Å²) in [5.74, 6) is -0.579. The number of nitrogens with two attached hydrogens (primary N) is 2. The normalized spacial score (nSPS) is 15.6. The number of rotatable bonds is 7. The lowest BCUT2D eigenvalue weighted by molar-refractivity contribution is 0.102. The first-order chi connectivity index (χ1) is 19.5. The van der Waals surface area contributed by atoms with Gasteiger partial charge in [0.05, 0.1) is 21.6 Å². The number of nitrogens with one attached hydrogen (secondary N) is 1. The smallest absolute Gasteiger partial charge is 0.404 e. The number of benzene rings is 2. The second-order valence-corrected chi connectivity index (χ2v) is 12.0. The van der Waals surface area contributed by atoms with Crippen molar-refractivity contribution in [2.24, 2.45) is 5.73 Å². The number of sulfonamides is 1. The van der Waals surface area contributed by atoms with Gasteiger partial charge in [-0.05, 0) is 56.5 Å². The molecule has 0 spiro atoms. The molecule has 214 valence electrons. The van der Waals surface area contributed by atoms with Crippen LogP contribution in [0.5, 0.6) is 0 Å². The van der Waals surface area contributed by atoms with Gasteiger partial charge in [-0.25, -0.2) is 22.6 Å². The fraction of sp³-hybridized carbons (Fsp3) is 0.250. The summed E-state index contributed by atoms with van der Waals surface area (Å²) in [5.41, 5.74) is 14.7. The molecular formula is C28H28ClFN6O4S. The van der Waals surface area contributed by atoms with E-state index in [9.17, 15) is 13.2 Å². The largest absolute Gasteiger partial charge is 0.446 e. The van der Waals surface area contributed by atoms with Gasteiger partial charge < -0.3 is 16.2 Å². The van der Waals surface area contributed by atoms with Crippen molar-refractivity contribution >= 4 is 55.7 Å². The van der Waals surface area contributed by atoms with Crippen LogP contribution >= 0.6 is 11.6 Å². The lowest BCUT2D eigenvalue weighted by Crippen LogP contribution is -2.24. The van der Waals surface area contributed by atoms with E-state index in [1.807, 2.05) is 24.6 Å². The lowest BCUT2D eigenvalue weighted by atomic mass is 9.91. The van der Waals surface area contributed by atoms with E-state index in [0.29, 0.717) is 35.9 Å². The number of fused-ring (bicyclic) bond motifs is 1. The molecule has 0 aliphatic heterocycles. The molecule has 13 heteroatoms. The molecule has 1 atom stereocenters. The van der Waals surface area contributed by atoms with Crippen LogP contribution in [-0.2, 0) is 14.8 Å². The summed E-state index contributed by atoms with van der Waals surface area (Å²) in [5, 5.41) is 5.37. The first-order valence-corrected chi connectivity index (χ1v) is 14.7. The monoisotopic (exact) mass is 598 g/mol. The summed E-state index contributed by atoms with van der Waals surface area (Å²) in [4.78, 5) is 15.4. The molecule has 1 amide bonds. The van der Waals surface area contributed by atoms with E-state index in [0.717, 1.165) is 16.7 Å². The van der Waals surface area contributed by atoms with Crippen LogP contribution in [0, 0.1) is 5.82 Å². The number of hydrogen-bond acceptors (Lipinski definition) is 7. The average molecular weight is 599 g/mol. The molecule has 0 saturated heterocycles. The third-order valence-corrected chi connectivity index (χ3v) is 8.71. The zero-order valence-corrected chi connectivity index (χ0v) is 23.8. The molecule has 0 fully saturated rings. The van der Waals surface area contributed by atoms with E-state index in [-0.39, 0.29) is 33.6 Å². The molecule has 1 aliphatic rings. The molecule has 0 radical (unpaired) electrons. The number of aromatic nitrogens is 3. The van der Waals surface area contributed by atoms with Crippen LogP contribution in [0.1, 0.15) is 44.7 Å². The molecule has 2 heterocycles. The zero-order chi connectivity index (χ0) is 29.5. The van der Waals surface area contributed by atoms with Crippen LogP contribution in [0.3, 0.4) is 0 Å². The predicted octanol–water partition coefficient (Wildman–Crippen LogP) is 5.89. The van der Waals surface area contributed by atoms with Gasteiger partial charge in [-0.3, -0.25) is 9.40 Å². The number of anilines is 2. The maximum atomic E-state index is 15.4. The first-order valence-electron chi connectivity index (χ1n) is 12.9. The molecule has 1 aliphatic carbocycles. The summed E-state index contributed by atoms with van der Waals surface area (Å²) in [6.45, 7) is 3.94. The Hall–Kier alpha value is -4.16. The highest BCUT2D eigenvalue weighted by molar-refractivity contribution is 7.92. The molecule has 41 heavy (non-hydrogen) atoms. The fourth-order valence-corrected chi connectivity index (χ4v) is 6.53. The molecule has 10 nitrogen and oxygen atoms in total. The Morgan fingerprint density at radius 3 is 2.63 bits per heavy atom. The van der Waals surface area contributed by atoms with Gasteiger partial charge in [-0.1, -0.05) is 35.9 Å². The Morgan fingerprint density at radius 1 is 1.24 bits per heavy atom. The van der Waals surface area contributed by atoms with Crippen molar-refractivity contribution < 1.29 is 22.3 Å². The van der Waals surface area contributed by atoms with Crippen molar-refractivity contribution in [3.05, 3.63) is 71.1 Å². The highest BCUT2D eigenvalue weighted by Crippen LogP contribution is 2.40. The summed E-state index contributed by atoms with van der Waals surface area (Å²) in [7, 11) is -4.13. The minimum atomic E-state index is -4.13. The van der Waals surface area contributed by atoms with Gasteiger partial charge in [0.2, 0.25) is 0 Å². The standard InChI is InChI=1S/C28H28ClFN6O4S/c1-15(2)36-26-19(16-7-10-18(11-8-16)40-28(32)37)14-33-27(31)24(26)25(34-36)17-9-12-22(21(30)13-17)35-41(38,39)23-6-4-3-5-20(23)29/h3-7,9,12-15,18,35H,8,10-11H2,1-2H3,(H2,31,33)(H2,32,37). The number of carbonyl (C=O) groups is 1. The number of halogens is 2. The van der Waals surface area contributed by atoms with Gasteiger partial charge in [0.1, 0.15) is 28.3 Å². The van der Waals surface area contributed by atoms with Gasteiger partial charge in [0, 0.05) is 29.8 Å². The summed E-state index contributed by atoms with van der Waals surface area (Å²) >= 11 is 6.04. The van der Waals surface area contributed by atoms with Crippen LogP contribution in [0.15, 0.2) is 59.6 Å². The van der Waals surface area contributed by atoms with Crippen LogP contribution in [-0.4, -0.2) is 35.4 Å². The highest BCUT2D eigenvalue weighted by atomic mass is 35.5. The molecule has 5 N–H and O–H groups in total. The quantitative estimate of drug-likeness (QED) is 0.240. The number of carbonyl (C=O) groups excluding carboxylic acids is 1. The van der Waals surface area contributed by atoms with Gasteiger partial charge in [-0.2, -0.15) is 5.10 Å². The Bertz CT molecular complexity index is 1800. The van der Waals surface area contributed by atoms with Crippen LogP contribution in [0.25, 0.3) is 27.7 Å². The third-order valence-electron chi connectivity index (χ3n) is 6.85. The number of allylic oxidation sites excluding steroid dienone is 1. The predicted molar refractivity (Wildman–Crippen MR) is 156 cm³/mol. The maximum Gasteiger partial charge on any atom is 0.404 e. The average Bonchev–Trinajstić information content (AvgIpc) is 3.32.